The molecule has 0 bridgehead atoms. The Labute approximate surface area is 82.0 Å². The number of nitrogens with zero attached hydrogens (tertiary/aromatic N) is 1. The van der Waals surface area contributed by atoms with Gasteiger partial charge in [0.2, 0.25) is 5.89 Å². The highest BCUT2D eigenvalue weighted by molar-refractivity contribution is 7.80. The molecule has 0 saturated heterocycles. The summed E-state index contributed by atoms with van der Waals surface area (Å²) in [5.41, 5.74) is 2.11. The highest BCUT2D eigenvalue weighted by Crippen LogP contribution is 2.22. The van der Waals surface area contributed by atoms with Gasteiger partial charge in [-0.1, -0.05) is 0 Å². The van der Waals surface area contributed by atoms with Crippen molar-refractivity contribution in [2.45, 2.75) is 11.8 Å². The molecule has 0 N–H and O–H groups in total. The fraction of sp³-hybridized carbons (Fsp3) is 0.100. The standard InChI is InChI=1S/C10H9NOS/c1-7-6-8(2-3-9(7)13)10-11-4-5-12-10/h2-6,13H,1H3. The molecule has 1 heterocycles. The molecule has 0 amide bonds. The first-order chi connectivity index (χ1) is 6.27. The summed E-state index contributed by atoms with van der Waals surface area (Å²) in [4.78, 5) is 5.05. The average molecular weight is 191 g/mol. The highest BCUT2D eigenvalue weighted by Gasteiger charge is 2.02. The summed E-state index contributed by atoms with van der Waals surface area (Å²) in [6, 6.07) is 5.90. The molecular formula is C10H9NOS. The van der Waals surface area contributed by atoms with Crippen LogP contribution in [0.15, 0.2) is 40.0 Å². The quantitative estimate of drug-likeness (QED) is 0.701. The zero-order chi connectivity index (χ0) is 9.26. The fourth-order valence-electron chi connectivity index (χ4n) is 1.15. The van der Waals surface area contributed by atoms with Gasteiger partial charge in [0, 0.05) is 10.5 Å². The van der Waals surface area contributed by atoms with Crippen LogP contribution in [0, 0.1) is 6.92 Å². The van der Waals surface area contributed by atoms with Crippen LogP contribution in [0.25, 0.3) is 11.5 Å². The summed E-state index contributed by atoms with van der Waals surface area (Å²) in [7, 11) is 0. The molecule has 0 spiro atoms. The van der Waals surface area contributed by atoms with Crippen LogP contribution in [0.4, 0.5) is 0 Å². The van der Waals surface area contributed by atoms with Gasteiger partial charge in [-0.05, 0) is 30.7 Å². The van der Waals surface area contributed by atoms with Gasteiger partial charge in [-0.25, -0.2) is 4.98 Å². The lowest BCUT2D eigenvalue weighted by atomic mass is 10.1. The molecule has 0 fully saturated rings. The van der Waals surface area contributed by atoms with Crippen LogP contribution in [-0.2, 0) is 0 Å². The van der Waals surface area contributed by atoms with E-state index in [-0.39, 0.29) is 0 Å². The molecule has 2 nitrogen and oxygen atoms in total. The Morgan fingerprint density at radius 1 is 1.38 bits per heavy atom. The largest absolute Gasteiger partial charge is 0.445 e. The number of aromatic nitrogens is 1. The Morgan fingerprint density at radius 2 is 2.23 bits per heavy atom. The van der Waals surface area contributed by atoms with Crippen molar-refractivity contribution in [2.24, 2.45) is 0 Å². The van der Waals surface area contributed by atoms with Gasteiger partial charge in [0.25, 0.3) is 0 Å². The van der Waals surface area contributed by atoms with E-state index in [0.717, 1.165) is 16.0 Å². The minimum atomic E-state index is 0.649. The van der Waals surface area contributed by atoms with Crippen molar-refractivity contribution in [3.8, 4) is 11.5 Å². The van der Waals surface area contributed by atoms with Crippen LogP contribution >= 0.6 is 12.6 Å². The smallest absolute Gasteiger partial charge is 0.225 e. The van der Waals surface area contributed by atoms with Crippen LogP contribution in [0.2, 0.25) is 0 Å². The van der Waals surface area contributed by atoms with Crippen molar-refractivity contribution in [3.05, 3.63) is 36.2 Å². The molecule has 0 radical (unpaired) electrons. The summed E-state index contributed by atoms with van der Waals surface area (Å²) in [5, 5.41) is 0. The molecular weight excluding hydrogens is 182 g/mol. The Hall–Kier alpha value is -1.22. The molecule has 2 aromatic rings. The predicted molar refractivity (Wildman–Crippen MR) is 53.9 cm³/mol. The maximum atomic E-state index is 5.18. The maximum Gasteiger partial charge on any atom is 0.225 e. The van der Waals surface area contributed by atoms with Crippen LogP contribution in [-0.4, -0.2) is 4.98 Å². The number of rotatable bonds is 1. The normalized spacial score (nSPS) is 10.3. The van der Waals surface area contributed by atoms with Crippen molar-refractivity contribution >= 4 is 12.6 Å². The number of aryl methyl sites for hydroxylation is 1. The van der Waals surface area contributed by atoms with Crippen molar-refractivity contribution in [2.75, 3.05) is 0 Å². The minimum Gasteiger partial charge on any atom is -0.445 e. The van der Waals surface area contributed by atoms with Gasteiger partial charge in [-0.2, -0.15) is 0 Å². The van der Waals surface area contributed by atoms with Gasteiger partial charge in [-0.3, -0.25) is 0 Å². The third-order valence-corrected chi connectivity index (χ3v) is 2.38. The first kappa shape index (κ1) is 8.38. The van der Waals surface area contributed by atoms with E-state index >= 15 is 0 Å². The van der Waals surface area contributed by atoms with Crippen molar-refractivity contribution < 1.29 is 4.42 Å². The van der Waals surface area contributed by atoms with Crippen LogP contribution in [0.5, 0.6) is 0 Å². The van der Waals surface area contributed by atoms with E-state index in [1.807, 2.05) is 25.1 Å². The number of thiol groups is 1. The average Bonchev–Trinajstić information content (AvgIpc) is 2.62. The first-order valence-electron chi connectivity index (χ1n) is 3.97. The van der Waals surface area contributed by atoms with Gasteiger partial charge < -0.3 is 4.42 Å². The van der Waals surface area contributed by atoms with E-state index in [0.29, 0.717) is 5.89 Å². The molecule has 0 aliphatic heterocycles. The molecule has 13 heavy (non-hydrogen) atoms. The molecule has 1 aromatic carbocycles. The monoisotopic (exact) mass is 191 g/mol. The number of oxazole rings is 1. The molecule has 0 atom stereocenters. The zero-order valence-electron chi connectivity index (χ0n) is 7.19. The second-order valence-electron chi connectivity index (χ2n) is 2.84. The molecule has 66 valence electrons. The molecule has 0 saturated carbocycles. The zero-order valence-corrected chi connectivity index (χ0v) is 8.08. The second-order valence-corrected chi connectivity index (χ2v) is 3.32. The summed E-state index contributed by atoms with van der Waals surface area (Å²) in [6.45, 7) is 2.01. The van der Waals surface area contributed by atoms with Gasteiger partial charge in [0.1, 0.15) is 6.26 Å². The van der Waals surface area contributed by atoms with E-state index in [4.69, 9.17) is 4.42 Å². The van der Waals surface area contributed by atoms with E-state index in [1.54, 1.807) is 12.5 Å². The van der Waals surface area contributed by atoms with Crippen molar-refractivity contribution in [1.29, 1.82) is 0 Å². The summed E-state index contributed by atoms with van der Waals surface area (Å²) in [6.07, 6.45) is 3.21. The molecule has 0 aliphatic carbocycles. The Bertz CT molecular complexity index is 409. The van der Waals surface area contributed by atoms with E-state index < -0.39 is 0 Å². The van der Waals surface area contributed by atoms with Gasteiger partial charge in [-0.15, -0.1) is 12.6 Å². The molecule has 3 heteroatoms. The van der Waals surface area contributed by atoms with Crippen molar-refractivity contribution in [3.63, 3.8) is 0 Å². The topological polar surface area (TPSA) is 26.0 Å². The van der Waals surface area contributed by atoms with E-state index in [2.05, 4.69) is 17.6 Å². The Balaban J connectivity index is 2.49. The lowest BCUT2D eigenvalue weighted by Gasteiger charge is -2.00. The molecule has 1 aromatic heterocycles. The third-order valence-electron chi connectivity index (χ3n) is 1.88. The van der Waals surface area contributed by atoms with Crippen LogP contribution < -0.4 is 0 Å². The Kier molecular flexibility index (Phi) is 2.10. The predicted octanol–water partition coefficient (Wildman–Crippen LogP) is 2.94. The lowest BCUT2D eigenvalue weighted by Crippen LogP contribution is -1.80. The molecule has 0 aliphatic rings. The fourth-order valence-corrected chi connectivity index (χ4v) is 1.29. The van der Waals surface area contributed by atoms with E-state index in [9.17, 15) is 0 Å². The van der Waals surface area contributed by atoms with Crippen LogP contribution in [0.3, 0.4) is 0 Å². The number of benzene rings is 1. The van der Waals surface area contributed by atoms with Crippen LogP contribution in [0.1, 0.15) is 5.56 Å². The summed E-state index contributed by atoms with van der Waals surface area (Å²) < 4.78 is 5.18. The lowest BCUT2D eigenvalue weighted by molar-refractivity contribution is 0.574. The second kappa shape index (κ2) is 3.26. The summed E-state index contributed by atoms with van der Waals surface area (Å²) >= 11 is 4.29. The SMILES string of the molecule is Cc1cc(-c2ncco2)ccc1S. The van der Waals surface area contributed by atoms with E-state index in [1.165, 1.54) is 0 Å². The minimum absolute atomic E-state index is 0.649. The van der Waals surface area contributed by atoms with Gasteiger partial charge in [0.15, 0.2) is 0 Å². The highest BCUT2D eigenvalue weighted by atomic mass is 32.1. The van der Waals surface area contributed by atoms with Gasteiger partial charge in [0.05, 0.1) is 6.20 Å². The molecule has 0 unspecified atom stereocenters. The number of hydrogen-bond donors (Lipinski definition) is 1. The third kappa shape index (κ3) is 1.60. The Morgan fingerprint density at radius 3 is 2.85 bits per heavy atom. The maximum absolute atomic E-state index is 5.18. The number of hydrogen-bond acceptors (Lipinski definition) is 3. The molecule has 2 rings (SSSR count). The summed E-state index contributed by atoms with van der Waals surface area (Å²) in [5.74, 6) is 0.649. The van der Waals surface area contributed by atoms with Gasteiger partial charge >= 0.3 is 0 Å². The van der Waals surface area contributed by atoms with Crippen molar-refractivity contribution in [1.82, 2.24) is 4.98 Å². The first-order valence-corrected chi connectivity index (χ1v) is 4.41.